The summed E-state index contributed by atoms with van der Waals surface area (Å²) in [5.41, 5.74) is 0. The summed E-state index contributed by atoms with van der Waals surface area (Å²) in [6.07, 6.45) is 7.95. The van der Waals surface area contributed by atoms with E-state index in [9.17, 15) is 4.79 Å². The number of fused-ring (bicyclic) bond motifs is 2. The van der Waals surface area contributed by atoms with Gasteiger partial charge >= 0.3 is 0 Å². The van der Waals surface area contributed by atoms with Gasteiger partial charge in [-0.3, -0.25) is 9.69 Å². The van der Waals surface area contributed by atoms with Crippen LogP contribution in [0.2, 0.25) is 0 Å². The second-order valence-electron chi connectivity index (χ2n) is 7.10. The normalized spacial score (nSPS) is 43.8. The first-order valence-electron chi connectivity index (χ1n) is 8.36. The molecule has 2 N–H and O–H groups in total. The molecule has 0 aromatic heterocycles. The third-order valence-corrected chi connectivity index (χ3v) is 6.61. The number of rotatable bonds is 3. The van der Waals surface area contributed by atoms with Crippen LogP contribution < -0.4 is 5.32 Å². The summed E-state index contributed by atoms with van der Waals surface area (Å²) >= 11 is 6.24. The van der Waals surface area contributed by atoms with Gasteiger partial charge in [-0.15, -0.1) is 11.6 Å². The summed E-state index contributed by atoms with van der Waals surface area (Å²) in [6.45, 7) is -0.254. The SMILES string of the molecule is CN1C2CCC1C(C(=O)NCO)C(C1CCC(Cl)CC1)C2. The summed E-state index contributed by atoms with van der Waals surface area (Å²) in [5.74, 6) is 1.19. The number of hydrogen-bond acceptors (Lipinski definition) is 3. The Bertz CT molecular complexity index is 384. The standard InChI is InChI=1S/C16H27ClN2O2/c1-19-12-6-7-14(19)15(16(21)18-9-20)13(8-12)10-2-4-11(17)5-3-10/h10-15,20H,2-9H2,1H3,(H,18,21). The highest BCUT2D eigenvalue weighted by Crippen LogP contribution is 2.48. The molecule has 1 saturated carbocycles. The molecule has 2 aliphatic heterocycles. The molecule has 0 aromatic carbocycles. The van der Waals surface area contributed by atoms with Gasteiger partial charge in [0.1, 0.15) is 6.73 Å². The third kappa shape index (κ3) is 2.95. The number of hydrogen-bond donors (Lipinski definition) is 2. The molecule has 3 aliphatic rings. The van der Waals surface area contributed by atoms with E-state index in [1.807, 2.05) is 0 Å². The molecule has 5 heteroatoms. The molecule has 120 valence electrons. The van der Waals surface area contributed by atoms with Crippen LogP contribution >= 0.6 is 11.6 Å². The highest BCUT2D eigenvalue weighted by atomic mass is 35.5. The highest BCUT2D eigenvalue weighted by molar-refractivity contribution is 6.20. The predicted molar refractivity (Wildman–Crippen MR) is 83.0 cm³/mol. The van der Waals surface area contributed by atoms with Crippen molar-refractivity contribution in [2.75, 3.05) is 13.8 Å². The average Bonchev–Trinajstić information content (AvgIpc) is 2.72. The Labute approximate surface area is 132 Å². The molecule has 0 radical (unpaired) electrons. The van der Waals surface area contributed by atoms with E-state index in [2.05, 4.69) is 17.3 Å². The molecule has 1 amide bonds. The smallest absolute Gasteiger partial charge is 0.226 e. The van der Waals surface area contributed by atoms with Crippen LogP contribution in [0.3, 0.4) is 0 Å². The van der Waals surface area contributed by atoms with E-state index in [-0.39, 0.29) is 18.6 Å². The lowest BCUT2D eigenvalue weighted by Gasteiger charge is -2.46. The molecule has 2 saturated heterocycles. The van der Waals surface area contributed by atoms with E-state index in [0.29, 0.717) is 29.3 Å². The Morgan fingerprint density at radius 1 is 1.24 bits per heavy atom. The lowest BCUT2D eigenvalue weighted by molar-refractivity contribution is -0.134. The van der Waals surface area contributed by atoms with Crippen LogP contribution in [-0.2, 0) is 4.79 Å². The average molecular weight is 315 g/mol. The molecule has 4 unspecified atom stereocenters. The summed E-state index contributed by atoms with van der Waals surface area (Å²) in [4.78, 5) is 14.9. The number of nitrogens with one attached hydrogen (secondary N) is 1. The number of halogens is 1. The van der Waals surface area contributed by atoms with Gasteiger partial charge < -0.3 is 10.4 Å². The lowest BCUT2D eigenvalue weighted by atomic mass is 9.68. The fraction of sp³-hybridized carbons (Fsp3) is 0.938. The van der Waals surface area contributed by atoms with Crippen molar-refractivity contribution < 1.29 is 9.90 Å². The molecule has 4 nitrogen and oxygen atoms in total. The molecular weight excluding hydrogens is 288 g/mol. The van der Waals surface area contributed by atoms with E-state index in [0.717, 1.165) is 38.5 Å². The van der Waals surface area contributed by atoms with Crippen molar-refractivity contribution in [3.63, 3.8) is 0 Å². The number of carbonyl (C=O) groups is 1. The van der Waals surface area contributed by atoms with Crippen molar-refractivity contribution in [1.82, 2.24) is 10.2 Å². The fourth-order valence-corrected chi connectivity index (χ4v) is 5.31. The molecular formula is C16H27ClN2O2. The molecule has 1 aliphatic carbocycles. The van der Waals surface area contributed by atoms with Crippen molar-refractivity contribution in [1.29, 1.82) is 0 Å². The number of nitrogens with zero attached hydrogens (tertiary/aromatic N) is 1. The van der Waals surface area contributed by atoms with Gasteiger partial charge in [-0.2, -0.15) is 0 Å². The highest BCUT2D eigenvalue weighted by Gasteiger charge is 2.50. The van der Waals surface area contributed by atoms with Gasteiger partial charge in [-0.25, -0.2) is 0 Å². The second kappa shape index (κ2) is 6.43. The molecule has 2 heterocycles. The van der Waals surface area contributed by atoms with Crippen LogP contribution in [0.15, 0.2) is 0 Å². The maximum absolute atomic E-state index is 12.5. The van der Waals surface area contributed by atoms with Crippen molar-refractivity contribution in [2.24, 2.45) is 17.8 Å². The van der Waals surface area contributed by atoms with Crippen LogP contribution in [0, 0.1) is 17.8 Å². The summed E-state index contributed by atoms with van der Waals surface area (Å²) in [5, 5.41) is 12.1. The van der Waals surface area contributed by atoms with Crippen LogP contribution in [0.4, 0.5) is 0 Å². The van der Waals surface area contributed by atoms with Crippen LogP contribution in [0.1, 0.15) is 44.9 Å². The maximum Gasteiger partial charge on any atom is 0.226 e. The van der Waals surface area contributed by atoms with Crippen LogP contribution in [0.5, 0.6) is 0 Å². The van der Waals surface area contributed by atoms with E-state index >= 15 is 0 Å². The number of carbonyl (C=O) groups excluding carboxylic acids is 1. The van der Waals surface area contributed by atoms with Gasteiger partial charge in [-0.1, -0.05) is 0 Å². The van der Waals surface area contributed by atoms with Gasteiger partial charge in [0.05, 0.1) is 5.92 Å². The van der Waals surface area contributed by atoms with Gasteiger partial charge in [-0.05, 0) is 63.8 Å². The monoisotopic (exact) mass is 314 g/mol. The minimum atomic E-state index is -0.254. The van der Waals surface area contributed by atoms with Gasteiger partial charge in [0.15, 0.2) is 0 Å². The predicted octanol–water partition coefficient (Wildman–Crippen LogP) is 1.95. The molecule has 0 aromatic rings. The zero-order valence-electron chi connectivity index (χ0n) is 12.8. The first kappa shape index (κ1) is 15.6. The molecule has 21 heavy (non-hydrogen) atoms. The van der Waals surface area contributed by atoms with E-state index in [4.69, 9.17) is 16.7 Å². The topological polar surface area (TPSA) is 52.6 Å². The number of piperidine rings is 1. The zero-order chi connectivity index (χ0) is 15.0. The fourth-order valence-electron chi connectivity index (χ4n) is 5.06. The zero-order valence-corrected chi connectivity index (χ0v) is 13.6. The molecule has 0 spiro atoms. The van der Waals surface area contributed by atoms with E-state index in [1.54, 1.807) is 0 Å². The van der Waals surface area contributed by atoms with E-state index in [1.165, 1.54) is 6.42 Å². The third-order valence-electron chi connectivity index (χ3n) is 6.18. The Kier molecular flexibility index (Phi) is 4.77. The molecule has 4 atom stereocenters. The van der Waals surface area contributed by atoms with Crippen LogP contribution in [-0.4, -0.2) is 47.2 Å². The number of alkyl halides is 1. The second-order valence-corrected chi connectivity index (χ2v) is 7.72. The summed E-state index contributed by atoms with van der Waals surface area (Å²) in [7, 11) is 2.16. The quantitative estimate of drug-likeness (QED) is 0.618. The minimum Gasteiger partial charge on any atom is -0.377 e. The number of amides is 1. The van der Waals surface area contributed by atoms with Crippen molar-refractivity contribution >= 4 is 17.5 Å². The lowest BCUT2D eigenvalue weighted by Crippen LogP contribution is -2.54. The van der Waals surface area contributed by atoms with Gasteiger partial charge in [0.25, 0.3) is 0 Å². The molecule has 3 rings (SSSR count). The van der Waals surface area contributed by atoms with Gasteiger partial charge in [0, 0.05) is 17.5 Å². The maximum atomic E-state index is 12.5. The first-order chi connectivity index (χ1) is 10.1. The van der Waals surface area contributed by atoms with Crippen molar-refractivity contribution in [2.45, 2.75) is 62.4 Å². The van der Waals surface area contributed by atoms with Crippen molar-refractivity contribution in [3.8, 4) is 0 Å². The molecule has 2 bridgehead atoms. The van der Waals surface area contributed by atoms with Gasteiger partial charge in [0.2, 0.25) is 5.91 Å². The van der Waals surface area contributed by atoms with Crippen molar-refractivity contribution in [3.05, 3.63) is 0 Å². The first-order valence-corrected chi connectivity index (χ1v) is 8.80. The Morgan fingerprint density at radius 2 is 1.95 bits per heavy atom. The summed E-state index contributed by atoms with van der Waals surface area (Å²) < 4.78 is 0. The minimum absolute atomic E-state index is 0.0396. The Balaban J connectivity index is 1.78. The van der Waals surface area contributed by atoms with Crippen LogP contribution in [0.25, 0.3) is 0 Å². The molecule has 3 fully saturated rings. The Hall–Kier alpha value is -0.320. The largest absolute Gasteiger partial charge is 0.377 e. The summed E-state index contributed by atoms with van der Waals surface area (Å²) in [6, 6.07) is 1.00. The number of aliphatic hydroxyl groups is 1. The van der Waals surface area contributed by atoms with E-state index < -0.39 is 0 Å². The Morgan fingerprint density at radius 3 is 2.62 bits per heavy atom. The number of aliphatic hydroxyl groups excluding tert-OH is 1.